The highest BCUT2D eigenvalue weighted by molar-refractivity contribution is 5.10. The molecule has 4 nitrogen and oxygen atoms in total. The van der Waals surface area contributed by atoms with Crippen molar-refractivity contribution in [2.24, 2.45) is 12.8 Å². The Hall–Kier alpha value is -0.870. The predicted octanol–water partition coefficient (Wildman–Crippen LogP) is 1.68. The second-order valence-electron chi connectivity index (χ2n) is 5.43. The third kappa shape index (κ3) is 2.11. The van der Waals surface area contributed by atoms with Crippen molar-refractivity contribution in [3.8, 4) is 0 Å². The standard InChI is InChI=1S/C13H24N4/c1-16(2)13(7-5-4-6-8-13)11(14)12-15-9-10-17(12)3/h9-11H,4-8,14H2,1-3H3. The maximum atomic E-state index is 6.53. The fourth-order valence-electron chi connectivity index (χ4n) is 3.12. The molecule has 0 amide bonds. The van der Waals surface area contributed by atoms with Gasteiger partial charge in [0.25, 0.3) is 0 Å². The van der Waals surface area contributed by atoms with E-state index in [9.17, 15) is 0 Å². The van der Waals surface area contributed by atoms with Gasteiger partial charge in [-0.25, -0.2) is 4.98 Å². The number of hydrogen-bond acceptors (Lipinski definition) is 3. The van der Waals surface area contributed by atoms with Crippen LogP contribution in [0.2, 0.25) is 0 Å². The molecule has 1 unspecified atom stereocenters. The molecule has 1 aliphatic rings. The summed E-state index contributed by atoms with van der Waals surface area (Å²) in [7, 11) is 6.32. The minimum atomic E-state index is -0.00204. The predicted molar refractivity (Wildman–Crippen MR) is 69.6 cm³/mol. The highest BCUT2D eigenvalue weighted by atomic mass is 15.2. The zero-order valence-corrected chi connectivity index (χ0v) is 11.2. The molecule has 1 atom stereocenters. The zero-order valence-electron chi connectivity index (χ0n) is 11.2. The average Bonchev–Trinajstić information content (AvgIpc) is 2.75. The number of imidazole rings is 1. The van der Waals surface area contributed by atoms with Crippen LogP contribution in [0.4, 0.5) is 0 Å². The highest BCUT2D eigenvalue weighted by Gasteiger charge is 2.42. The molecule has 0 saturated heterocycles. The van der Waals surface area contributed by atoms with Crippen LogP contribution < -0.4 is 5.73 Å². The van der Waals surface area contributed by atoms with E-state index in [0.29, 0.717) is 0 Å². The van der Waals surface area contributed by atoms with Crippen molar-refractivity contribution in [1.82, 2.24) is 14.5 Å². The van der Waals surface area contributed by atoms with Gasteiger partial charge in [0.15, 0.2) is 0 Å². The number of likely N-dealkylation sites (N-methyl/N-ethyl adjacent to an activating group) is 1. The van der Waals surface area contributed by atoms with Crippen LogP contribution in [0.3, 0.4) is 0 Å². The summed E-state index contributed by atoms with van der Waals surface area (Å²) in [6.45, 7) is 0. The highest BCUT2D eigenvalue weighted by Crippen LogP contribution is 2.40. The Labute approximate surface area is 104 Å². The first kappa shape index (κ1) is 12.6. The van der Waals surface area contributed by atoms with Gasteiger partial charge in [0.2, 0.25) is 0 Å². The van der Waals surface area contributed by atoms with Crippen LogP contribution in [0.15, 0.2) is 12.4 Å². The number of rotatable bonds is 3. The van der Waals surface area contributed by atoms with E-state index in [0.717, 1.165) is 5.82 Å². The van der Waals surface area contributed by atoms with Gasteiger partial charge in [0.1, 0.15) is 5.82 Å². The Morgan fingerprint density at radius 1 is 1.35 bits per heavy atom. The van der Waals surface area contributed by atoms with Gasteiger partial charge in [-0.2, -0.15) is 0 Å². The number of nitrogens with zero attached hydrogens (tertiary/aromatic N) is 3. The van der Waals surface area contributed by atoms with Crippen LogP contribution in [-0.4, -0.2) is 34.1 Å². The summed E-state index contributed by atoms with van der Waals surface area (Å²) in [5.74, 6) is 1.00. The molecule has 4 heteroatoms. The Morgan fingerprint density at radius 3 is 2.47 bits per heavy atom. The molecule has 1 heterocycles. The van der Waals surface area contributed by atoms with Gasteiger partial charge in [-0.3, -0.25) is 0 Å². The van der Waals surface area contributed by atoms with E-state index < -0.39 is 0 Å². The molecule has 0 aliphatic heterocycles. The first-order valence-electron chi connectivity index (χ1n) is 6.48. The summed E-state index contributed by atoms with van der Waals surface area (Å²) in [5, 5.41) is 0. The lowest BCUT2D eigenvalue weighted by molar-refractivity contribution is 0.0674. The van der Waals surface area contributed by atoms with Crippen molar-refractivity contribution in [3.63, 3.8) is 0 Å². The van der Waals surface area contributed by atoms with E-state index >= 15 is 0 Å². The molecule has 1 aliphatic carbocycles. The lowest BCUT2D eigenvalue weighted by atomic mass is 9.75. The van der Waals surface area contributed by atoms with Gasteiger partial charge < -0.3 is 15.2 Å². The third-order valence-electron chi connectivity index (χ3n) is 4.33. The van der Waals surface area contributed by atoms with E-state index in [1.807, 2.05) is 24.0 Å². The van der Waals surface area contributed by atoms with Crippen LogP contribution in [0.25, 0.3) is 0 Å². The number of hydrogen-bond donors (Lipinski definition) is 1. The Morgan fingerprint density at radius 2 is 2.00 bits per heavy atom. The molecule has 0 bridgehead atoms. The second kappa shape index (κ2) is 4.78. The van der Waals surface area contributed by atoms with Crippen molar-refractivity contribution in [3.05, 3.63) is 18.2 Å². The van der Waals surface area contributed by atoms with Crippen molar-refractivity contribution < 1.29 is 0 Å². The lowest BCUT2D eigenvalue weighted by Crippen LogP contribution is -2.54. The van der Waals surface area contributed by atoms with Crippen LogP contribution in [0, 0.1) is 0 Å². The van der Waals surface area contributed by atoms with E-state index in [2.05, 4.69) is 24.0 Å². The van der Waals surface area contributed by atoms with Gasteiger partial charge in [-0.1, -0.05) is 19.3 Å². The summed E-state index contributed by atoms with van der Waals surface area (Å²) in [6.07, 6.45) is 10.0. The molecule has 96 valence electrons. The summed E-state index contributed by atoms with van der Waals surface area (Å²) < 4.78 is 2.05. The van der Waals surface area contributed by atoms with E-state index in [4.69, 9.17) is 5.73 Å². The van der Waals surface area contributed by atoms with Gasteiger partial charge >= 0.3 is 0 Å². The van der Waals surface area contributed by atoms with Gasteiger partial charge in [0, 0.05) is 25.0 Å². The van der Waals surface area contributed by atoms with Crippen LogP contribution in [-0.2, 0) is 7.05 Å². The summed E-state index contributed by atoms with van der Waals surface area (Å²) in [4.78, 5) is 6.74. The molecule has 17 heavy (non-hydrogen) atoms. The molecule has 2 N–H and O–H groups in total. The SMILES string of the molecule is CN(C)C1(C(N)c2nccn2C)CCCCC1. The summed E-state index contributed by atoms with van der Waals surface area (Å²) in [6, 6.07) is -0.00204. The lowest BCUT2D eigenvalue weighted by Gasteiger charge is -2.46. The summed E-state index contributed by atoms with van der Waals surface area (Å²) >= 11 is 0. The molecule has 0 aromatic carbocycles. The molecule has 0 radical (unpaired) electrons. The van der Waals surface area contributed by atoms with Gasteiger partial charge in [-0.15, -0.1) is 0 Å². The van der Waals surface area contributed by atoms with E-state index in [1.165, 1.54) is 32.1 Å². The average molecular weight is 236 g/mol. The molecule has 1 aromatic rings. The van der Waals surface area contributed by atoms with Crippen molar-refractivity contribution in [2.75, 3.05) is 14.1 Å². The van der Waals surface area contributed by atoms with Gasteiger partial charge in [-0.05, 0) is 26.9 Å². The normalized spacial score (nSPS) is 21.7. The second-order valence-corrected chi connectivity index (χ2v) is 5.43. The first-order valence-corrected chi connectivity index (χ1v) is 6.48. The third-order valence-corrected chi connectivity index (χ3v) is 4.33. The molecule has 1 saturated carbocycles. The van der Waals surface area contributed by atoms with E-state index in [-0.39, 0.29) is 11.6 Å². The van der Waals surface area contributed by atoms with Crippen molar-refractivity contribution >= 4 is 0 Å². The van der Waals surface area contributed by atoms with Gasteiger partial charge in [0.05, 0.1) is 6.04 Å². The Bertz CT molecular complexity index is 363. The molecular weight excluding hydrogens is 212 g/mol. The van der Waals surface area contributed by atoms with Crippen LogP contribution >= 0.6 is 0 Å². The minimum absolute atomic E-state index is 0.00204. The van der Waals surface area contributed by atoms with Crippen LogP contribution in [0.1, 0.15) is 44.0 Å². The molecule has 2 rings (SSSR count). The number of nitrogens with two attached hydrogens (primary N) is 1. The fourth-order valence-corrected chi connectivity index (χ4v) is 3.12. The molecule has 1 aromatic heterocycles. The Balaban J connectivity index is 2.30. The van der Waals surface area contributed by atoms with Crippen LogP contribution in [0.5, 0.6) is 0 Å². The molecule has 0 spiro atoms. The van der Waals surface area contributed by atoms with Crippen molar-refractivity contribution in [1.29, 1.82) is 0 Å². The quantitative estimate of drug-likeness (QED) is 0.868. The topological polar surface area (TPSA) is 47.1 Å². The van der Waals surface area contributed by atoms with Crippen molar-refractivity contribution in [2.45, 2.75) is 43.7 Å². The smallest absolute Gasteiger partial charge is 0.127 e. The monoisotopic (exact) mass is 236 g/mol. The molecule has 1 fully saturated rings. The number of aryl methyl sites for hydroxylation is 1. The Kier molecular flexibility index (Phi) is 3.54. The zero-order chi connectivity index (χ0) is 12.5. The summed E-state index contributed by atoms with van der Waals surface area (Å²) in [5.41, 5.74) is 6.61. The minimum Gasteiger partial charge on any atom is -0.337 e. The fraction of sp³-hybridized carbons (Fsp3) is 0.769. The molecular formula is C13H24N4. The number of aromatic nitrogens is 2. The maximum absolute atomic E-state index is 6.53. The maximum Gasteiger partial charge on any atom is 0.127 e. The first-order chi connectivity index (χ1) is 8.08. The largest absolute Gasteiger partial charge is 0.337 e. The van der Waals surface area contributed by atoms with E-state index in [1.54, 1.807) is 0 Å².